The standard InChI is InChI=1S/C22H29FN3O9P/c1-13(2)33-21(30)14(3)25-36(31,35-16-8-6-5-7-9-16)32-12-22(23)19(29)18(28)20(34-22)26-11-10-17(27)24-15(26)4/h5-11,13-14,18-20,28-29H,4,12H2,1-3H3,(H,24,27)(H,25,31)/t14-,18-,19+,20-,22-,36+/m1/s1. The Labute approximate surface area is 207 Å². The molecule has 1 saturated heterocycles. The zero-order valence-corrected chi connectivity index (χ0v) is 20.8. The number of halogens is 1. The number of amides is 1. The zero-order chi connectivity index (χ0) is 26.7. The summed E-state index contributed by atoms with van der Waals surface area (Å²) in [6, 6.07) is 6.61. The Bertz CT molecular complexity index is 1060. The fourth-order valence-corrected chi connectivity index (χ4v) is 4.83. The molecule has 0 unspecified atom stereocenters. The van der Waals surface area contributed by atoms with Crippen LogP contribution in [-0.2, 0) is 28.2 Å². The lowest BCUT2D eigenvalue weighted by molar-refractivity contribution is -0.206. The molecule has 0 spiro atoms. The SMILES string of the molecule is C=C1NC(=O)C=CN1[C@@H]1O[C@](F)(CO[P@@](=O)(N[C@H](C)C(=O)OC(C)C)Oc2ccccc2)[C@@H](O)[C@H]1O. The van der Waals surface area contributed by atoms with Gasteiger partial charge in [0.1, 0.15) is 36.4 Å². The topological polar surface area (TPSA) is 156 Å². The van der Waals surface area contributed by atoms with Gasteiger partial charge in [-0.25, -0.2) is 8.96 Å². The fraction of sp³-hybridized carbons (Fsp3) is 0.455. The lowest BCUT2D eigenvalue weighted by Gasteiger charge is -2.32. The molecular weight excluding hydrogens is 500 g/mol. The minimum absolute atomic E-state index is 0.0267. The van der Waals surface area contributed by atoms with Gasteiger partial charge in [0, 0.05) is 12.3 Å². The van der Waals surface area contributed by atoms with E-state index in [9.17, 15) is 24.4 Å². The molecule has 198 valence electrons. The van der Waals surface area contributed by atoms with Crippen LogP contribution in [0.2, 0.25) is 0 Å². The molecule has 12 nitrogen and oxygen atoms in total. The van der Waals surface area contributed by atoms with Crippen molar-refractivity contribution in [2.45, 2.75) is 57.2 Å². The minimum Gasteiger partial charge on any atom is -0.462 e. The van der Waals surface area contributed by atoms with Crippen LogP contribution in [-0.4, -0.2) is 70.0 Å². The Hall–Kier alpha value is -2.80. The molecule has 1 aromatic rings. The van der Waals surface area contributed by atoms with Gasteiger partial charge in [0.25, 0.3) is 11.8 Å². The first-order chi connectivity index (χ1) is 16.8. The van der Waals surface area contributed by atoms with E-state index in [1.165, 1.54) is 25.3 Å². The summed E-state index contributed by atoms with van der Waals surface area (Å²) < 4.78 is 50.2. The van der Waals surface area contributed by atoms with Crippen molar-refractivity contribution in [3.63, 3.8) is 0 Å². The third kappa shape index (κ3) is 6.49. The molecule has 1 fully saturated rings. The number of hydrogen-bond acceptors (Lipinski definition) is 10. The van der Waals surface area contributed by atoms with Gasteiger partial charge in [0.15, 0.2) is 6.23 Å². The summed E-state index contributed by atoms with van der Waals surface area (Å²) in [5, 5.41) is 25.6. The number of benzene rings is 1. The number of aliphatic hydroxyl groups is 2. The number of rotatable bonds is 10. The van der Waals surface area contributed by atoms with Crippen LogP contribution in [0.1, 0.15) is 20.8 Å². The lowest BCUT2D eigenvalue weighted by atomic mass is 10.1. The van der Waals surface area contributed by atoms with Crippen molar-refractivity contribution in [1.29, 1.82) is 0 Å². The quantitative estimate of drug-likeness (QED) is 0.256. The maximum atomic E-state index is 15.7. The van der Waals surface area contributed by atoms with Crippen molar-refractivity contribution in [3.05, 3.63) is 55.0 Å². The van der Waals surface area contributed by atoms with E-state index in [1.54, 1.807) is 32.0 Å². The molecule has 0 saturated carbocycles. The highest BCUT2D eigenvalue weighted by Gasteiger charge is 2.58. The van der Waals surface area contributed by atoms with Gasteiger partial charge >= 0.3 is 13.7 Å². The first kappa shape index (κ1) is 27.8. The number of carbonyl (C=O) groups is 2. The highest BCUT2D eigenvalue weighted by Crippen LogP contribution is 2.47. The normalized spacial score (nSPS) is 28.5. The number of ether oxygens (including phenoxy) is 2. The number of nitrogens with one attached hydrogen (secondary N) is 2. The van der Waals surface area contributed by atoms with Gasteiger partial charge in [0.05, 0.1) is 6.10 Å². The molecule has 3 rings (SSSR count). The van der Waals surface area contributed by atoms with E-state index in [4.69, 9.17) is 18.5 Å². The highest BCUT2D eigenvalue weighted by molar-refractivity contribution is 7.52. The molecule has 2 aliphatic heterocycles. The second-order valence-corrected chi connectivity index (χ2v) is 10.1. The summed E-state index contributed by atoms with van der Waals surface area (Å²) in [6.07, 6.45) is -3.61. The monoisotopic (exact) mass is 529 g/mol. The van der Waals surface area contributed by atoms with E-state index in [2.05, 4.69) is 17.0 Å². The van der Waals surface area contributed by atoms with Gasteiger partial charge in [-0.1, -0.05) is 24.8 Å². The van der Waals surface area contributed by atoms with E-state index in [0.717, 1.165) is 11.0 Å². The van der Waals surface area contributed by atoms with Gasteiger partial charge in [-0.3, -0.25) is 14.1 Å². The second kappa shape index (κ2) is 11.1. The van der Waals surface area contributed by atoms with Crippen molar-refractivity contribution >= 4 is 19.6 Å². The molecule has 6 atom stereocenters. The average molecular weight is 529 g/mol. The predicted octanol–water partition coefficient (Wildman–Crippen LogP) is 1.28. The van der Waals surface area contributed by atoms with Gasteiger partial charge in [-0.15, -0.1) is 0 Å². The Morgan fingerprint density at radius 1 is 1.33 bits per heavy atom. The van der Waals surface area contributed by atoms with Crippen molar-refractivity contribution < 1.29 is 47.3 Å². The van der Waals surface area contributed by atoms with E-state index < -0.39 is 62.7 Å². The number of esters is 1. The summed E-state index contributed by atoms with van der Waals surface area (Å²) in [5.74, 6) is -4.25. The lowest BCUT2D eigenvalue weighted by Crippen LogP contribution is -2.46. The summed E-state index contributed by atoms with van der Waals surface area (Å²) in [5.41, 5.74) is 0. The fourth-order valence-electron chi connectivity index (χ4n) is 3.32. The Morgan fingerprint density at radius 2 is 2.00 bits per heavy atom. The zero-order valence-electron chi connectivity index (χ0n) is 19.9. The molecule has 36 heavy (non-hydrogen) atoms. The van der Waals surface area contributed by atoms with E-state index in [-0.39, 0.29) is 11.6 Å². The van der Waals surface area contributed by atoms with Crippen LogP contribution in [0.4, 0.5) is 4.39 Å². The maximum absolute atomic E-state index is 15.7. The molecule has 1 amide bonds. The Kier molecular flexibility index (Phi) is 8.55. The molecule has 0 aliphatic carbocycles. The molecule has 2 aliphatic rings. The first-order valence-electron chi connectivity index (χ1n) is 11.0. The number of para-hydroxylation sites is 1. The van der Waals surface area contributed by atoms with Crippen LogP contribution >= 0.6 is 7.75 Å². The van der Waals surface area contributed by atoms with Crippen LogP contribution in [0.25, 0.3) is 0 Å². The molecule has 0 radical (unpaired) electrons. The Balaban J connectivity index is 1.78. The number of hydrogen-bond donors (Lipinski definition) is 4. The van der Waals surface area contributed by atoms with Crippen molar-refractivity contribution in [3.8, 4) is 5.75 Å². The number of aliphatic hydroxyl groups excluding tert-OH is 2. The first-order valence-corrected chi connectivity index (χ1v) is 12.5. The molecule has 14 heteroatoms. The summed E-state index contributed by atoms with van der Waals surface area (Å²) in [6.45, 7) is 7.05. The summed E-state index contributed by atoms with van der Waals surface area (Å²) >= 11 is 0. The molecular formula is C22H29FN3O9P. The Morgan fingerprint density at radius 3 is 2.61 bits per heavy atom. The van der Waals surface area contributed by atoms with Crippen molar-refractivity contribution in [2.75, 3.05) is 6.61 Å². The average Bonchev–Trinajstić information content (AvgIpc) is 3.02. The second-order valence-electron chi connectivity index (χ2n) is 8.40. The smallest absolute Gasteiger partial charge is 0.459 e. The van der Waals surface area contributed by atoms with Crippen LogP contribution < -0.4 is 14.9 Å². The molecule has 4 N–H and O–H groups in total. The third-order valence-corrected chi connectivity index (χ3v) is 6.69. The number of carbonyl (C=O) groups excluding carboxylic acids is 2. The van der Waals surface area contributed by atoms with Crippen molar-refractivity contribution in [1.82, 2.24) is 15.3 Å². The van der Waals surface area contributed by atoms with Gasteiger partial charge in [-0.05, 0) is 32.9 Å². The van der Waals surface area contributed by atoms with E-state index in [1.807, 2.05) is 0 Å². The number of nitrogens with zero attached hydrogens (tertiary/aromatic N) is 1. The van der Waals surface area contributed by atoms with Crippen LogP contribution in [0.5, 0.6) is 5.75 Å². The third-order valence-electron chi connectivity index (χ3n) is 5.07. The van der Waals surface area contributed by atoms with Crippen molar-refractivity contribution in [2.24, 2.45) is 0 Å². The summed E-state index contributed by atoms with van der Waals surface area (Å²) in [7, 11) is -4.47. The summed E-state index contributed by atoms with van der Waals surface area (Å²) in [4.78, 5) is 24.8. The predicted molar refractivity (Wildman–Crippen MR) is 123 cm³/mol. The van der Waals surface area contributed by atoms with Gasteiger partial charge in [-0.2, -0.15) is 5.09 Å². The maximum Gasteiger partial charge on any atom is 0.459 e. The largest absolute Gasteiger partial charge is 0.462 e. The van der Waals surface area contributed by atoms with Crippen LogP contribution in [0.15, 0.2) is 55.0 Å². The van der Waals surface area contributed by atoms with E-state index >= 15 is 4.39 Å². The molecule has 0 bridgehead atoms. The number of alkyl halides is 1. The van der Waals surface area contributed by atoms with Crippen LogP contribution in [0, 0.1) is 0 Å². The molecule has 0 aromatic heterocycles. The minimum atomic E-state index is -4.47. The molecule has 2 heterocycles. The highest BCUT2D eigenvalue weighted by atomic mass is 31.2. The molecule has 1 aromatic carbocycles. The van der Waals surface area contributed by atoms with Gasteiger partial charge < -0.3 is 34.4 Å². The van der Waals surface area contributed by atoms with Gasteiger partial charge in [0.2, 0.25) is 0 Å². The van der Waals surface area contributed by atoms with Crippen LogP contribution in [0.3, 0.4) is 0 Å². The van der Waals surface area contributed by atoms with E-state index in [0.29, 0.717) is 0 Å².